The Labute approximate surface area is 102 Å². The molecular formula is C12H9FN2O3. The molecular weight excluding hydrogens is 239 g/mol. The first-order chi connectivity index (χ1) is 8.61. The number of rotatable bonds is 3. The van der Waals surface area contributed by atoms with Crippen LogP contribution in [0.25, 0.3) is 11.3 Å². The Kier molecular flexibility index (Phi) is 3.18. The zero-order valence-corrected chi connectivity index (χ0v) is 9.42. The van der Waals surface area contributed by atoms with Crippen LogP contribution in [0.3, 0.4) is 0 Å². The predicted molar refractivity (Wildman–Crippen MR) is 60.9 cm³/mol. The first-order valence-corrected chi connectivity index (χ1v) is 5.02. The van der Waals surface area contributed by atoms with Gasteiger partial charge in [0.2, 0.25) is 5.82 Å². The van der Waals surface area contributed by atoms with Crippen molar-refractivity contribution in [3.05, 3.63) is 42.1 Å². The van der Waals surface area contributed by atoms with Gasteiger partial charge in [0.15, 0.2) is 0 Å². The molecule has 1 aromatic carbocycles. The van der Waals surface area contributed by atoms with Crippen LogP contribution < -0.4 is 4.74 Å². The average molecular weight is 248 g/mol. The van der Waals surface area contributed by atoms with Gasteiger partial charge in [-0.15, -0.1) is 0 Å². The fourth-order valence-electron chi connectivity index (χ4n) is 1.49. The molecule has 92 valence electrons. The third-order valence-electron chi connectivity index (χ3n) is 2.28. The van der Waals surface area contributed by atoms with E-state index in [1.54, 1.807) is 0 Å². The molecule has 0 saturated carbocycles. The van der Waals surface area contributed by atoms with E-state index in [4.69, 9.17) is 9.84 Å². The number of carboxylic acid groups (broad SMARTS) is 1. The van der Waals surface area contributed by atoms with Crippen molar-refractivity contribution >= 4 is 5.97 Å². The number of hydrogen-bond acceptors (Lipinski definition) is 4. The molecule has 0 bridgehead atoms. The van der Waals surface area contributed by atoms with E-state index in [2.05, 4.69) is 9.97 Å². The molecule has 1 aromatic heterocycles. The number of benzene rings is 1. The Bertz CT molecular complexity index is 602. The van der Waals surface area contributed by atoms with Crippen LogP contribution in [0.15, 0.2) is 30.5 Å². The van der Waals surface area contributed by atoms with Crippen molar-refractivity contribution in [2.75, 3.05) is 7.11 Å². The van der Waals surface area contributed by atoms with E-state index in [0.717, 1.165) is 0 Å². The minimum Gasteiger partial charge on any atom is -0.496 e. The van der Waals surface area contributed by atoms with Gasteiger partial charge in [-0.1, -0.05) is 0 Å². The van der Waals surface area contributed by atoms with Gasteiger partial charge in [-0.05, 0) is 24.3 Å². The maximum absolute atomic E-state index is 13.2. The summed E-state index contributed by atoms with van der Waals surface area (Å²) in [6.45, 7) is 0. The smallest absolute Gasteiger partial charge is 0.373 e. The molecule has 1 heterocycles. The van der Waals surface area contributed by atoms with Crippen molar-refractivity contribution in [2.24, 2.45) is 0 Å². The highest BCUT2D eigenvalue weighted by Gasteiger charge is 2.12. The summed E-state index contributed by atoms with van der Waals surface area (Å²) in [5.41, 5.74) is 0.668. The Morgan fingerprint density at radius 2 is 2.17 bits per heavy atom. The summed E-state index contributed by atoms with van der Waals surface area (Å²) in [5.74, 6) is -1.64. The summed E-state index contributed by atoms with van der Waals surface area (Å²) in [7, 11) is 1.44. The molecule has 0 unspecified atom stereocenters. The third kappa shape index (κ3) is 2.27. The monoisotopic (exact) mass is 248 g/mol. The Balaban J connectivity index is 2.57. The van der Waals surface area contributed by atoms with Gasteiger partial charge in [0, 0.05) is 11.8 Å². The zero-order chi connectivity index (χ0) is 13.1. The molecule has 1 N–H and O–H groups in total. The van der Waals surface area contributed by atoms with Gasteiger partial charge < -0.3 is 9.84 Å². The molecule has 0 aliphatic rings. The lowest BCUT2D eigenvalue weighted by Crippen LogP contribution is -2.04. The van der Waals surface area contributed by atoms with Crippen LogP contribution in [0.4, 0.5) is 4.39 Å². The fraction of sp³-hybridized carbons (Fsp3) is 0.0833. The van der Waals surface area contributed by atoms with Crippen molar-refractivity contribution < 1.29 is 19.0 Å². The Hall–Kier alpha value is -2.50. The lowest BCUT2D eigenvalue weighted by molar-refractivity contribution is 0.0683. The maximum atomic E-state index is 13.2. The highest BCUT2D eigenvalue weighted by Crippen LogP contribution is 2.28. The SMILES string of the molecule is COc1ccc(F)cc1-c1ccnc(C(=O)O)n1. The van der Waals surface area contributed by atoms with Gasteiger partial charge in [-0.25, -0.2) is 19.2 Å². The van der Waals surface area contributed by atoms with Crippen LogP contribution in [0, 0.1) is 5.82 Å². The van der Waals surface area contributed by atoms with Crippen LogP contribution >= 0.6 is 0 Å². The average Bonchev–Trinajstić information content (AvgIpc) is 2.39. The van der Waals surface area contributed by atoms with Gasteiger partial charge in [-0.3, -0.25) is 0 Å². The minimum absolute atomic E-state index is 0.291. The first-order valence-electron chi connectivity index (χ1n) is 5.02. The second-order valence-electron chi connectivity index (χ2n) is 3.42. The van der Waals surface area contributed by atoms with Crippen LogP contribution in [0.1, 0.15) is 10.6 Å². The largest absolute Gasteiger partial charge is 0.496 e. The highest BCUT2D eigenvalue weighted by atomic mass is 19.1. The van der Waals surface area contributed by atoms with Gasteiger partial charge >= 0.3 is 5.97 Å². The standard InChI is InChI=1S/C12H9FN2O3/c1-18-10-3-2-7(13)6-8(10)9-4-5-14-11(15-9)12(16)17/h2-6H,1H3,(H,16,17). The van der Waals surface area contributed by atoms with Gasteiger partial charge in [0.05, 0.1) is 12.8 Å². The number of nitrogens with zero attached hydrogens (tertiary/aromatic N) is 2. The molecule has 2 aromatic rings. The van der Waals surface area contributed by atoms with E-state index < -0.39 is 11.8 Å². The van der Waals surface area contributed by atoms with E-state index in [9.17, 15) is 9.18 Å². The minimum atomic E-state index is -1.24. The Morgan fingerprint density at radius 1 is 1.39 bits per heavy atom. The summed E-state index contributed by atoms with van der Waals surface area (Å²) >= 11 is 0. The summed E-state index contributed by atoms with van der Waals surface area (Å²) in [6.07, 6.45) is 1.30. The summed E-state index contributed by atoms with van der Waals surface area (Å²) < 4.78 is 18.3. The number of aromatic nitrogens is 2. The van der Waals surface area contributed by atoms with Crippen LogP contribution in [-0.2, 0) is 0 Å². The van der Waals surface area contributed by atoms with E-state index in [-0.39, 0.29) is 5.82 Å². The van der Waals surface area contributed by atoms with E-state index in [1.165, 1.54) is 37.6 Å². The molecule has 0 saturated heterocycles. The van der Waals surface area contributed by atoms with Crippen molar-refractivity contribution in [3.8, 4) is 17.0 Å². The molecule has 0 spiro atoms. The van der Waals surface area contributed by atoms with E-state index in [0.29, 0.717) is 17.0 Å². The molecule has 0 atom stereocenters. The van der Waals surface area contributed by atoms with Crippen molar-refractivity contribution in [1.82, 2.24) is 9.97 Å². The van der Waals surface area contributed by atoms with Crippen molar-refractivity contribution in [1.29, 1.82) is 0 Å². The van der Waals surface area contributed by atoms with Crippen LogP contribution in [0.2, 0.25) is 0 Å². The van der Waals surface area contributed by atoms with Crippen LogP contribution in [0.5, 0.6) is 5.75 Å². The quantitative estimate of drug-likeness (QED) is 0.899. The van der Waals surface area contributed by atoms with E-state index in [1.807, 2.05) is 0 Å². The number of hydrogen-bond donors (Lipinski definition) is 1. The maximum Gasteiger partial charge on any atom is 0.373 e. The number of halogens is 1. The van der Waals surface area contributed by atoms with Crippen molar-refractivity contribution in [3.63, 3.8) is 0 Å². The Morgan fingerprint density at radius 3 is 2.83 bits per heavy atom. The van der Waals surface area contributed by atoms with Gasteiger partial charge in [-0.2, -0.15) is 0 Å². The van der Waals surface area contributed by atoms with Crippen LogP contribution in [-0.4, -0.2) is 28.2 Å². The number of carboxylic acids is 1. The van der Waals surface area contributed by atoms with Crippen molar-refractivity contribution in [2.45, 2.75) is 0 Å². The highest BCUT2D eigenvalue weighted by molar-refractivity contribution is 5.84. The summed E-state index contributed by atoms with van der Waals surface area (Å²) in [4.78, 5) is 18.2. The molecule has 6 heteroatoms. The molecule has 18 heavy (non-hydrogen) atoms. The summed E-state index contributed by atoms with van der Waals surface area (Å²) in [5, 5.41) is 8.81. The number of aromatic carboxylic acids is 1. The molecule has 2 rings (SSSR count). The predicted octanol–water partition coefficient (Wildman–Crippen LogP) is 1.99. The lowest BCUT2D eigenvalue weighted by atomic mass is 10.1. The number of ether oxygens (including phenoxy) is 1. The normalized spacial score (nSPS) is 10.1. The molecule has 0 amide bonds. The van der Waals surface area contributed by atoms with E-state index >= 15 is 0 Å². The molecule has 0 aliphatic carbocycles. The van der Waals surface area contributed by atoms with Gasteiger partial charge in [0.25, 0.3) is 0 Å². The molecule has 0 radical (unpaired) electrons. The summed E-state index contributed by atoms with van der Waals surface area (Å²) in [6, 6.07) is 5.42. The first kappa shape index (κ1) is 12.0. The molecule has 0 aliphatic heterocycles. The van der Waals surface area contributed by atoms with Gasteiger partial charge in [0.1, 0.15) is 11.6 Å². The lowest BCUT2D eigenvalue weighted by Gasteiger charge is -2.08. The fourth-order valence-corrected chi connectivity index (χ4v) is 1.49. The molecule has 5 nitrogen and oxygen atoms in total. The zero-order valence-electron chi connectivity index (χ0n) is 9.42. The topological polar surface area (TPSA) is 72.3 Å². The number of methoxy groups -OCH3 is 1. The number of carbonyl (C=O) groups is 1. The molecule has 0 fully saturated rings. The second-order valence-corrected chi connectivity index (χ2v) is 3.42. The second kappa shape index (κ2) is 4.79. The third-order valence-corrected chi connectivity index (χ3v) is 2.28.